The molecule has 0 aliphatic carbocycles. The molecule has 8 nitrogen and oxygen atoms in total. The van der Waals surface area contributed by atoms with E-state index in [1.54, 1.807) is 0 Å². The average Bonchev–Trinajstić information content (AvgIpc) is 2.22. The minimum Gasteiger partial charge on any atom is -0.400 e. The topological polar surface area (TPSA) is 99.2 Å². The second-order valence-electron chi connectivity index (χ2n) is 4.58. The zero-order chi connectivity index (χ0) is 15.0. The van der Waals surface area contributed by atoms with E-state index in [-0.39, 0.29) is 0 Å². The van der Waals surface area contributed by atoms with Crippen molar-refractivity contribution in [2.24, 2.45) is 5.41 Å². The van der Waals surface area contributed by atoms with Crippen molar-refractivity contribution in [3.8, 4) is 0 Å². The fourth-order valence-electron chi connectivity index (χ4n) is 1.70. The predicted octanol–water partition coefficient (Wildman–Crippen LogP) is 0.113. The van der Waals surface area contributed by atoms with E-state index >= 15 is 0 Å². The molecular weight excluding hydrogens is 258 g/mol. The summed E-state index contributed by atoms with van der Waals surface area (Å²) in [5.74, 6) is -5.12. The van der Waals surface area contributed by atoms with E-state index in [1.165, 1.54) is 13.8 Å². The molecule has 0 N–H and O–H groups in total. The lowest BCUT2D eigenvalue weighted by atomic mass is 9.79. The smallest absolute Gasteiger partial charge is 0.391 e. The number of esters is 2. The van der Waals surface area contributed by atoms with Gasteiger partial charge in [-0.15, -0.1) is 0 Å². The Bertz CT molecular complexity index is 438. The third-order valence-electron chi connectivity index (χ3n) is 2.56. The monoisotopic (exact) mass is 273 g/mol. The van der Waals surface area contributed by atoms with E-state index in [2.05, 4.69) is 4.84 Å². The van der Waals surface area contributed by atoms with Crippen LogP contribution in [0.1, 0.15) is 34.6 Å². The molecular formula is C11H15NO7. The minimum absolute atomic E-state index is 0.456. The van der Waals surface area contributed by atoms with Gasteiger partial charge < -0.3 is 14.3 Å². The molecule has 1 aliphatic rings. The van der Waals surface area contributed by atoms with E-state index in [9.17, 15) is 19.2 Å². The van der Waals surface area contributed by atoms with Crippen LogP contribution in [-0.2, 0) is 33.5 Å². The van der Waals surface area contributed by atoms with Gasteiger partial charge in [0, 0.05) is 20.8 Å². The zero-order valence-electron chi connectivity index (χ0n) is 11.3. The van der Waals surface area contributed by atoms with Crippen LogP contribution in [0.25, 0.3) is 0 Å². The summed E-state index contributed by atoms with van der Waals surface area (Å²) in [7, 11) is 0. The van der Waals surface area contributed by atoms with Gasteiger partial charge in [0.2, 0.25) is 0 Å². The summed E-state index contributed by atoms with van der Waals surface area (Å²) in [4.78, 5) is 49.8. The summed E-state index contributed by atoms with van der Waals surface area (Å²) in [6.07, 6.45) is 0. The van der Waals surface area contributed by atoms with Gasteiger partial charge in [0.15, 0.2) is 0 Å². The molecule has 0 aromatic heterocycles. The number of carbonyl (C=O) groups excluding carboxylic acids is 4. The van der Waals surface area contributed by atoms with Gasteiger partial charge in [0.25, 0.3) is 5.91 Å². The van der Waals surface area contributed by atoms with Crippen molar-refractivity contribution in [3.63, 3.8) is 0 Å². The summed E-state index contributed by atoms with van der Waals surface area (Å²) in [5, 5.41) is 0.456. The first-order valence-corrected chi connectivity index (χ1v) is 5.47. The van der Waals surface area contributed by atoms with Crippen molar-refractivity contribution in [3.05, 3.63) is 0 Å². The second-order valence-corrected chi connectivity index (χ2v) is 4.58. The van der Waals surface area contributed by atoms with Crippen LogP contribution in [0.3, 0.4) is 0 Å². The number of β-lactam (4-membered cyclic amide) rings is 1. The average molecular weight is 273 g/mol. The molecule has 0 spiro atoms. The van der Waals surface area contributed by atoms with E-state index in [4.69, 9.17) is 9.47 Å². The van der Waals surface area contributed by atoms with E-state index < -0.39 is 35.1 Å². The molecule has 1 saturated heterocycles. The van der Waals surface area contributed by atoms with Crippen LogP contribution in [0, 0.1) is 5.41 Å². The first-order valence-electron chi connectivity index (χ1n) is 5.47. The highest BCUT2D eigenvalue weighted by molar-refractivity contribution is 5.91. The molecule has 0 aromatic carbocycles. The Morgan fingerprint density at radius 3 is 1.68 bits per heavy atom. The molecule has 1 fully saturated rings. The maximum absolute atomic E-state index is 11.9. The van der Waals surface area contributed by atoms with Crippen LogP contribution in [0.2, 0.25) is 0 Å². The Balaban J connectivity index is 3.20. The van der Waals surface area contributed by atoms with Crippen molar-refractivity contribution in [2.75, 3.05) is 0 Å². The lowest BCUT2D eigenvalue weighted by Gasteiger charge is -2.55. The third-order valence-corrected chi connectivity index (χ3v) is 2.56. The molecule has 0 saturated carbocycles. The highest BCUT2D eigenvalue weighted by Gasteiger charge is 2.75. The van der Waals surface area contributed by atoms with Crippen LogP contribution in [-0.4, -0.2) is 34.8 Å². The largest absolute Gasteiger partial charge is 0.400 e. The predicted molar refractivity (Wildman–Crippen MR) is 58.7 cm³/mol. The van der Waals surface area contributed by atoms with Crippen LogP contribution in [0.4, 0.5) is 0 Å². The van der Waals surface area contributed by atoms with Crippen molar-refractivity contribution in [1.29, 1.82) is 0 Å². The van der Waals surface area contributed by atoms with Gasteiger partial charge in [-0.25, -0.2) is 0 Å². The van der Waals surface area contributed by atoms with Gasteiger partial charge in [-0.2, -0.15) is 0 Å². The number of carbonyl (C=O) groups is 4. The number of amides is 1. The maximum atomic E-state index is 11.9. The van der Waals surface area contributed by atoms with Gasteiger partial charge >= 0.3 is 23.8 Å². The Labute approximate surface area is 109 Å². The van der Waals surface area contributed by atoms with E-state index in [0.29, 0.717) is 5.06 Å². The van der Waals surface area contributed by atoms with E-state index in [0.717, 1.165) is 20.8 Å². The molecule has 106 valence electrons. The lowest BCUT2D eigenvalue weighted by Crippen LogP contribution is -2.78. The number of nitrogens with zero attached hydrogens (tertiary/aromatic N) is 1. The first-order chi connectivity index (χ1) is 8.54. The SMILES string of the molecule is CC(=O)ON1C(=O)C(C)(C)C1(OC(C)=O)OC(C)=O. The Morgan fingerprint density at radius 1 is 0.947 bits per heavy atom. The van der Waals surface area contributed by atoms with Crippen molar-refractivity contribution < 1.29 is 33.5 Å². The van der Waals surface area contributed by atoms with Crippen molar-refractivity contribution in [1.82, 2.24) is 5.06 Å². The first kappa shape index (κ1) is 14.9. The summed E-state index contributed by atoms with van der Waals surface area (Å²) in [6.45, 7) is 6.03. The number of hydroxylamine groups is 2. The maximum Gasteiger partial charge on any atom is 0.391 e. The van der Waals surface area contributed by atoms with Gasteiger partial charge in [-0.1, -0.05) is 5.06 Å². The van der Waals surface area contributed by atoms with Crippen LogP contribution in [0.5, 0.6) is 0 Å². The standard InChI is InChI=1S/C11H15NO7/c1-6(13)17-11(18-7(2)14)10(4,5)9(16)12(11)19-8(3)15/h1-5H3. The second kappa shape index (κ2) is 4.52. The molecule has 0 aromatic rings. The molecule has 0 bridgehead atoms. The third kappa shape index (κ3) is 2.25. The fourth-order valence-corrected chi connectivity index (χ4v) is 1.70. The number of hydrogen-bond donors (Lipinski definition) is 0. The summed E-state index contributed by atoms with van der Waals surface area (Å²) < 4.78 is 9.86. The molecule has 0 atom stereocenters. The lowest BCUT2D eigenvalue weighted by molar-refractivity contribution is -0.423. The number of rotatable bonds is 3. The van der Waals surface area contributed by atoms with Crippen molar-refractivity contribution in [2.45, 2.75) is 40.5 Å². The molecule has 0 unspecified atom stereocenters. The molecule has 19 heavy (non-hydrogen) atoms. The van der Waals surface area contributed by atoms with Crippen LogP contribution >= 0.6 is 0 Å². The van der Waals surface area contributed by atoms with Gasteiger partial charge in [0.05, 0.1) is 0 Å². The summed E-state index contributed by atoms with van der Waals surface area (Å²) in [5.41, 5.74) is -1.36. The highest BCUT2D eigenvalue weighted by atomic mass is 16.8. The van der Waals surface area contributed by atoms with Crippen LogP contribution in [0.15, 0.2) is 0 Å². The summed E-state index contributed by atoms with van der Waals surface area (Å²) in [6, 6.07) is 0. The Kier molecular flexibility index (Phi) is 3.56. The number of hydrogen-bond acceptors (Lipinski definition) is 7. The quantitative estimate of drug-likeness (QED) is 0.409. The van der Waals surface area contributed by atoms with Gasteiger partial charge in [-0.3, -0.25) is 19.2 Å². The van der Waals surface area contributed by atoms with Crippen LogP contribution < -0.4 is 0 Å². The normalized spacial score (nSPS) is 19.2. The Hall–Kier alpha value is -2.12. The summed E-state index contributed by atoms with van der Waals surface area (Å²) >= 11 is 0. The highest BCUT2D eigenvalue weighted by Crippen LogP contribution is 2.50. The Morgan fingerprint density at radius 2 is 1.37 bits per heavy atom. The van der Waals surface area contributed by atoms with Crippen molar-refractivity contribution >= 4 is 23.8 Å². The molecule has 1 rings (SSSR count). The molecule has 0 radical (unpaired) electrons. The molecule has 8 heteroatoms. The number of ether oxygens (including phenoxy) is 2. The fraction of sp³-hybridized carbons (Fsp3) is 0.636. The van der Waals surface area contributed by atoms with Gasteiger partial charge in [-0.05, 0) is 13.8 Å². The van der Waals surface area contributed by atoms with E-state index in [1.807, 2.05) is 0 Å². The molecule has 1 amide bonds. The molecule has 1 heterocycles. The minimum atomic E-state index is -2.08. The zero-order valence-corrected chi connectivity index (χ0v) is 11.3. The van der Waals surface area contributed by atoms with Gasteiger partial charge in [0.1, 0.15) is 5.41 Å². The molecule has 1 aliphatic heterocycles.